The molecule has 1 amide bonds. The fourth-order valence-corrected chi connectivity index (χ4v) is 10.1. The van der Waals surface area contributed by atoms with Crippen molar-refractivity contribution in [3.8, 4) is 0 Å². The van der Waals surface area contributed by atoms with Gasteiger partial charge in [-0.2, -0.15) is 0 Å². The van der Waals surface area contributed by atoms with Crippen LogP contribution < -0.4 is 0 Å². The van der Waals surface area contributed by atoms with Crippen molar-refractivity contribution < 1.29 is 19.1 Å². The number of thioether (sulfide) groups is 2. The summed E-state index contributed by atoms with van der Waals surface area (Å²) in [5.41, 5.74) is 0.900. The second kappa shape index (κ2) is 19.4. The minimum absolute atomic E-state index is 0.147. The van der Waals surface area contributed by atoms with Gasteiger partial charge in [0.1, 0.15) is 13.2 Å². The van der Waals surface area contributed by atoms with Crippen LogP contribution in [0.1, 0.15) is 91.5 Å². The van der Waals surface area contributed by atoms with E-state index in [1.807, 2.05) is 30.3 Å². The van der Waals surface area contributed by atoms with Crippen molar-refractivity contribution in [2.24, 2.45) is 0 Å². The van der Waals surface area contributed by atoms with Crippen LogP contribution in [0, 0.1) is 0 Å². The number of amides is 1. The Morgan fingerprint density at radius 1 is 0.944 bits per heavy atom. The number of nitrogens with zero attached hydrogens (tertiary/aromatic N) is 1. The highest BCUT2D eigenvalue weighted by atomic mass is 32.4. The number of hydrogen-bond donors (Lipinski definition) is 0. The van der Waals surface area contributed by atoms with Crippen molar-refractivity contribution in [1.82, 2.24) is 4.90 Å². The SMILES string of the molecule is CCCCCCCCOC(=O)CN(C(=O)OCc1ccccc1)C([PH2]=S)(SC(C)CC)SC(C)CC. The number of carbonyl (C=O) groups is 2. The third-order valence-corrected chi connectivity index (χ3v) is 13.1. The van der Waals surface area contributed by atoms with E-state index in [2.05, 4.69) is 34.6 Å². The maximum absolute atomic E-state index is 13.5. The van der Waals surface area contributed by atoms with Crippen molar-refractivity contribution in [3.05, 3.63) is 35.9 Å². The molecule has 0 aliphatic carbocycles. The molecule has 0 radical (unpaired) electrons. The monoisotopic (exact) mass is 575 g/mol. The molecule has 1 aromatic rings. The first-order valence-corrected chi connectivity index (χ1v) is 17.5. The molecule has 1 rings (SSSR count). The van der Waals surface area contributed by atoms with Crippen LogP contribution in [0.15, 0.2) is 30.3 Å². The lowest BCUT2D eigenvalue weighted by atomic mass is 10.1. The molecule has 0 aromatic heterocycles. The molecule has 0 saturated carbocycles. The fourth-order valence-electron chi connectivity index (χ4n) is 3.36. The zero-order chi connectivity index (χ0) is 26.8. The molecule has 0 N–H and O–H groups in total. The lowest BCUT2D eigenvalue weighted by Crippen LogP contribution is -2.48. The molecule has 0 aliphatic heterocycles. The molecule has 0 fully saturated rings. The highest BCUT2D eigenvalue weighted by Gasteiger charge is 2.43. The van der Waals surface area contributed by atoms with Gasteiger partial charge in [-0.15, -0.1) is 23.5 Å². The summed E-state index contributed by atoms with van der Waals surface area (Å²) in [6.45, 7) is 11.1. The quantitative estimate of drug-likeness (QED) is 0.0715. The first-order chi connectivity index (χ1) is 17.3. The Morgan fingerprint density at radius 2 is 1.53 bits per heavy atom. The molecule has 5 nitrogen and oxygen atoms in total. The van der Waals surface area contributed by atoms with Crippen molar-refractivity contribution in [3.63, 3.8) is 0 Å². The Hall–Kier alpha value is -0.690. The normalized spacial score (nSPS) is 14.8. The summed E-state index contributed by atoms with van der Waals surface area (Å²) in [6, 6.07) is 9.58. The standard InChI is InChI=1S/C27H46NO4PS3/c1-6-9-10-11-12-16-19-31-25(29)20-28(26(30)32-21-24-17-14-13-15-18-24)27(33-34,35-22(4)7-2)36-23(5)8-3/h13-15,17-18,22-23H,6-12,16,19-21,33H2,1-5H3. The smallest absolute Gasteiger partial charge is 0.412 e. The van der Waals surface area contributed by atoms with Gasteiger partial charge in [-0.05, 0) is 32.2 Å². The van der Waals surface area contributed by atoms with Crippen LogP contribution in [0.5, 0.6) is 0 Å². The third-order valence-electron chi connectivity index (χ3n) is 5.89. The number of benzene rings is 1. The van der Waals surface area contributed by atoms with Gasteiger partial charge in [0, 0.05) is 10.5 Å². The van der Waals surface area contributed by atoms with Gasteiger partial charge < -0.3 is 9.47 Å². The van der Waals surface area contributed by atoms with E-state index in [0.717, 1.165) is 37.7 Å². The number of carbonyl (C=O) groups excluding carboxylic acids is 2. The van der Waals surface area contributed by atoms with Gasteiger partial charge >= 0.3 is 12.1 Å². The van der Waals surface area contributed by atoms with Gasteiger partial charge in [-0.1, -0.05) is 109 Å². The number of rotatable bonds is 19. The summed E-state index contributed by atoms with van der Waals surface area (Å²) in [6.07, 6.45) is 8.08. The molecule has 0 saturated heterocycles. The summed E-state index contributed by atoms with van der Waals surface area (Å²) in [5, 5.41) is 0.557. The summed E-state index contributed by atoms with van der Waals surface area (Å²) in [4.78, 5) is 28.0. The summed E-state index contributed by atoms with van der Waals surface area (Å²) < 4.78 is 10.6. The molecule has 9 heteroatoms. The second-order valence-corrected chi connectivity index (χ2v) is 15.2. The van der Waals surface area contributed by atoms with Crippen LogP contribution in [-0.4, -0.2) is 44.6 Å². The number of esters is 1. The van der Waals surface area contributed by atoms with Gasteiger partial charge in [0.2, 0.25) is 0 Å². The lowest BCUT2D eigenvalue weighted by molar-refractivity contribution is -0.144. The van der Waals surface area contributed by atoms with Gasteiger partial charge in [-0.3, -0.25) is 9.69 Å². The topological polar surface area (TPSA) is 55.8 Å². The molecule has 3 atom stereocenters. The highest BCUT2D eigenvalue weighted by molar-refractivity contribution is 8.27. The maximum Gasteiger partial charge on any atom is 0.412 e. The van der Waals surface area contributed by atoms with Crippen LogP contribution in [-0.2, 0) is 32.7 Å². The largest absolute Gasteiger partial charge is 0.464 e. The third kappa shape index (κ3) is 12.7. The van der Waals surface area contributed by atoms with E-state index in [0.29, 0.717) is 6.61 Å². The minimum atomic E-state index is -0.715. The predicted molar refractivity (Wildman–Crippen MR) is 162 cm³/mol. The Kier molecular flexibility index (Phi) is 18.0. The minimum Gasteiger partial charge on any atom is -0.464 e. The number of unbranched alkanes of at least 4 members (excludes halogenated alkanes) is 5. The number of ether oxygens (including phenoxy) is 2. The zero-order valence-corrected chi connectivity index (χ0v) is 26.3. The Labute approximate surface area is 234 Å². The van der Waals surface area contributed by atoms with Crippen molar-refractivity contribution in [2.45, 2.75) is 107 Å². The van der Waals surface area contributed by atoms with Gasteiger partial charge in [0.05, 0.1) is 6.61 Å². The first-order valence-electron chi connectivity index (χ1n) is 13.3. The predicted octanol–water partition coefficient (Wildman–Crippen LogP) is 8.08. The lowest BCUT2D eigenvalue weighted by Gasteiger charge is -2.41. The summed E-state index contributed by atoms with van der Waals surface area (Å²) in [7, 11) is -0.611. The number of hydrogen-bond acceptors (Lipinski definition) is 7. The molecular weight excluding hydrogens is 529 g/mol. The molecule has 0 spiro atoms. The zero-order valence-electron chi connectivity index (χ0n) is 22.7. The average Bonchev–Trinajstić information content (AvgIpc) is 2.89. The second-order valence-electron chi connectivity index (χ2n) is 9.04. The van der Waals surface area contributed by atoms with Crippen LogP contribution in [0.25, 0.3) is 0 Å². The Balaban J connectivity index is 3.03. The summed E-state index contributed by atoms with van der Waals surface area (Å²) in [5.74, 6) is -0.401. The van der Waals surface area contributed by atoms with E-state index < -0.39 is 23.4 Å². The van der Waals surface area contributed by atoms with E-state index in [1.165, 1.54) is 19.3 Å². The fraction of sp³-hybridized carbons (Fsp3) is 0.704. The Morgan fingerprint density at radius 3 is 2.08 bits per heavy atom. The first kappa shape index (κ1) is 33.3. The summed E-state index contributed by atoms with van der Waals surface area (Å²) >= 11 is 9.12. The Bertz CT molecular complexity index is 757. The van der Waals surface area contributed by atoms with Crippen molar-refractivity contribution in [2.75, 3.05) is 13.2 Å². The van der Waals surface area contributed by atoms with Crippen molar-refractivity contribution >= 4 is 54.7 Å². The van der Waals surface area contributed by atoms with E-state index in [1.54, 1.807) is 28.4 Å². The van der Waals surface area contributed by atoms with E-state index in [4.69, 9.17) is 21.3 Å². The van der Waals surface area contributed by atoms with Crippen LogP contribution >= 0.6 is 30.9 Å². The van der Waals surface area contributed by atoms with E-state index in [-0.39, 0.29) is 23.7 Å². The van der Waals surface area contributed by atoms with E-state index in [9.17, 15) is 9.59 Å². The van der Waals surface area contributed by atoms with Gasteiger partial charge in [0.15, 0.2) is 3.94 Å². The molecule has 3 unspecified atom stereocenters. The van der Waals surface area contributed by atoms with Crippen molar-refractivity contribution in [1.29, 1.82) is 0 Å². The molecule has 1 aromatic carbocycles. The van der Waals surface area contributed by atoms with E-state index >= 15 is 0 Å². The maximum atomic E-state index is 13.5. The van der Waals surface area contributed by atoms with Crippen LogP contribution in [0.3, 0.4) is 0 Å². The highest BCUT2D eigenvalue weighted by Crippen LogP contribution is 2.53. The molecule has 0 aliphatic rings. The van der Waals surface area contributed by atoms with Gasteiger partial charge in [0.25, 0.3) is 0 Å². The molecule has 0 bridgehead atoms. The van der Waals surface area contributed by atoms with Crippen LogP contribution in [0.2, 0.25) is 0 Å². The average molecular weight is 576 g/mol. The molecular formula is C27H46NO4PS3. The van der Waals surface area contributed by atoms with Gasteiger partial charge in [-0.25, -0.2) is 4.79 Å². The molecule has 36 heavy (non-hydrogen) atoms. The molecule has 0 heterocycles. The molecule has 206 valence electrons. The van der Waals surface area contributed by atoms with Crippen LogP contribution in [0.4, 0.5) is 4.79 Å².